The van der Waals surface area contributed by atoms with E-state index in [2.05, 4.69) is 26.3 Å². The molecule has 10 nitrogen and oxygen atoms in total. The van der Waals surface area contributed by atoms with Gasteiger partial charge < -0.3 is 19.2 Å². The topological polar surface area (TPSA) is 122 Å². The monoisotopic (exact) mass is 526 g/mol. The lowest BCUT2D eigenvalue weighted by Gasteiger charge is -2.06. The second-order valence-electron chi connectivity index (χ2n) is 7.23. The van der Waals surface area contributed by atoms with Crippen molar-refractivity contribution in [2.24, 2.45) is 0 Å². The maximum atomic E-state index is 12.5. The van der Waals surface area contributed by atoms with Gasteiger partial charge in [-0.25, -0.2) is 4.68 Å². The van der Waals surface area contributed by atoms with E-state index < -0.39 is 10.8 Å². The van der Waals surface area contributed by atoms with Gasteiger partial charge in [-0.15, -0.1) is 0 Å². The molecule has 0 spiro atoms. The Balaban J connectivity index is 1.31. The molecule has 34 heavy (non-hydrogen) atoms. The van der Waals surface area contributed by atoms with Gasteiger partial charge in [0.15, 0.2) is 18.2 Å². The van der Waals surface area contributed by atoms with Crippen molar-refractivity contribution in [3.63, 3.8) is 0 Å². The Labute approximate surface area is 202 Å². The van der Waals surface area contributed by atoms with Crippen molar-refractivity contribution in [2.75, 3.05) is 5.32 Å². The third-order valence-corrected chi connectivity index (χ3v) is 5.16. The summed E-state index contributed by atoms with van der Waals surface area (Å²) >= 11 is 3.37. The number of benzene rings is 2. The number of ether oxygens (including phenoxy) is 2. The van der Waals surface area contributed by atoms with Gasteiger partial charge in [0.1, 0.15) is 18.1 Å². The number of anilines is 1. The van der Waals surface area contributed by atoms with Crippen LogP contribution in [0.4, 0.5) is 11.4 Å². The predicted molar refractivity (Wildman–Crippen MR) is 126 cm³/mol. The van der Waals surface area contributed by atoms with Crippen molar-refractivity contribution in [2.45, 2.75) is 20.3 Å². The zero-order chi connectivity index (χ0) is 24.1. The van der Waals surface area contributed by atoms with Crippen LogP contribution < -0.4 is 14.8 Å². The minimum Gasteiger partial charge on any atom is -0.479 e. The van der Waals surface area contributed by atoms with Crippen molar-refractivity contribution in [1.82, 2.24) is 9.78 Å². The van der Waals surface area contributed by atoms with E-state index in [9.17, 15) is 14.9 Å². The van der Waals surface area contributed by atoms with E-state index >= 15 is 0 Å². The zero-order valence-corrected chi connectivity index (χ0v) is 19.5. The van der Waals surface area contributed by atoms with Gasteiger partial charge in [-0.05, 0) is 55.0 Å². The maximum absolute atomic E-state index is 12.5. The number of nitro benzene ring substituents is 1. The quantitative estimate of drug-likeness (QED) is 0.231. The van der Waals surface area contributed by atoms with Gasteiger partial charge in [-0.2, -0.15) is 5.10 Å². The van der Waals surface area contributed by atoms with Crippen LogP contribution in [-0.4, -0.2) is 20.6 Å². The molecule has 0 aliphatic rings. The molecule has 0 bridgehead atoms. The Morgan fingerprint density at radius 2 is 1.97 bits per heavy atom. The normalized spacial score (nSPS) is 10.6. The number of halogens is 1. The number of rotatable bonds is 9. The number of nitro groups is 1. The second kappa shape index (κ2) is 10.2. The minimum absolute atomic E-state index is 0.0656. The number of nitrogens with zero attached hydrogens (tertiary/aromatic N) is 3. The van der Waals surface area contributed by atoms with E-state index in [1.807, 2.05) is 24.3 Å². The number of hydrogen-bond donors (Lipinski definition) is 1. The van der Waals surface area contributed by atoms with Crippen LogP contribution in [0.3, 0.4) is 0 Å². The molecule has 0 saturated carbocycles. The van der Waals surface area contributed by atoms with Crippen molar-refractivity contribution in [3.05, 3.63) is 98.7 Å². The third-order valence-electron chi connectivity index (χ3n) is 4.63. The smallest absolute Gasteiger partial charge is 0.311 e. The Kier molecular flexibility index (Phi) is 6.93. The van der Waals surface area contributed by atoms with Gasteiger partial charge >= 0.3 is 5.69 Å². The summed E-state index contributed by atoms with van der Waals surface area (Å²) in [6.45, 7) is 1.86. The van der Waals surface area contributed by atoms with Gasteiger partial charge in [0, 0.05) is 10.5 Å². The summed E-state index contributed by atoms with van der Waals surface area (Å²) in [4.78, 5) is 23.2. The Morgan fingerprint density at radius 3 is 2.74 bits per heavy atom. The molecule has 2 aromatic carbocycles. The van der Waals surface area contributed by atoms with E-state index in [0.29, 0.717) is 17.2 Å². The third kappa shape index (κ3) is 5.81. The van der Waals surface area contributed by atoms with Crippen molar-refractivity contribution in [1.29, 1.82) is 0 Å². The molecule has 0 aliphatic heterocycles. The van der Waals surface area contributed by atoms with Gasteiger partial charge in [-0.1, -0.05) is 22.0 Å². The van der Waals surface area contributed by atoms with E-state index in [4.69, 9.17) is 13.9 Å². The predicted octanol–water partition coefficient (Wildman–Crippen LogP) is 5.32. The summed E-state index contributed by atoms with van der Waals surface area (Å²) in [5.74, 6) is 0.747. The summed E-state index contributed by atoms with van der Waals surface area (Å²) in [7, 11) is 0. The van der Waals surface area contributed by atoms with Crippen LogP contribution in [-0.2, 0) is 13.3 Å². The van der Waals surface area contributed by atoms with Gasteiger partial charge in [-0.3, -0.25) is 14.9 Å². The largest absolute Gasteiger partial charge is 0.479 e. The molecule has 0 fully saturated rings. The van der Waals surface area contributed by atoms with Crippen LogP contribution in [0.15, 0.2) is 75.9 Å². The molecule has 4 rings (SSSR count). The number of carbonyl (C=O) groups is 1. The average Bonchev–Trinajstić information content (AvgIpc) is 3.47. The molecule has 0 aliphatic carbocycles. The molecule has 174 valence electrons. The molecule has 0 radical (unpaired) electrons. The van der Waals surface area contributed by atoms with Crippen LogP contribution in [0.25, 0.3) is 0 Å². The first-order chi connectivity index (χ1) is 16.4. The molecule has 2 heterocycles. The van der Waals surface area contributed by atoms with Crippen molar-refractivity contribution < 1.29 is 23.6 Å². The Morgan fingerprint density at radius 1 is 1.18 bits per heavy atom. The fourth-order valence-corrected chi connectivity index (χ4v) is 3.25. The first kappa shape index (κ1) is 23.1. The lowest BCUT2D eigenvalue weighted by Crippen LogP contribution is -2.10. The van der Waals surface area contributed by atoms with Crippen LogP contribution in [0.5, 0.6) is 11.5 Å². The molecule has 2 aromatic heterocycles. The van der Waals surface area contributed by atoms with Crippen LogP contribution in [0, 0.1) is 17.0 Å². The number of amides is 1. The molecule has 1 amide bonds. The Hall–Kier alpha value is -4.12. The number of aromatic nitrogens is 2. The van der Waals surface area contributed by atoms with Crippen LogP contribution in [0.1, 0.15) is 21.9 Å². The van der Waals surface area contributed by atoms with Crippen molar-refractivity contribution in [3.8, 4) is 11.5 Å². The second-order valence-corrected chi connectivity index (χ2v) is 8.15. The summed E-state index contributed by atoms with van der Waals surface area (Å²) in [5, 5.41) is 18.1. The van der Waals surface area contributed by atoms with E-state index in [1.54, 1.807) is 25.3 Å². The number of carbonyl (C=O) groups excluding carboxylic acids is 1. The minimum atomic E-state index is -0.507. The molecule has 4 aromatic rings. The van der Waals surface area contributed by atoms with Gasteiger partial charge in [0.25, 0.3) is 5.91 Å². The lowest BCUT2D eigenvalue weighted by molar-refractivity contribution is -0.386. The fraction of sp³-hybridized carbons (Fsp3) is 0.130. The highest BCUT2D eigenvalue weighted by Gasteiger charge is 2.17. The summed E-state index contributed by atoms with van der Waals surface area (Å²) in [6, 6.07) is 15.1. The van der Waals surface area contributed by atoms with Crippen LogP contribution >= 0.6 is 15.9 Å². The molecule has 0 unspecified atom stereocenters. The highest BCUT2D eigenvalue weighted by Crippen LogP contribution is 2.28. The standard InChI is InChI=1S/C23H19BrN4O6/c1-15-2-8-21(20(10-15)28(30)31)32-13-19-7-9-22(34-19)23(29)26-17-11-25-27(12-17)14-33-18-5-3-16(24)4-6-18/h2-12H,13-14H2,1H3,(H,26,29). The first-order valence-corrected chi connectivity index (χ1v) is 10.9. The fourth-order valence-electron chi connectivity index (χ4n) is 2.98. The van der Waals surface area contributed by atoms with Crippen molar-refractivity contribution >= 4 is 33.2 Å². The SMILES string of the molecule is Cc1ccc(OCc2ccc(C(=O)Nc3cnn(COc4ccc(Br)cc4)c3)o2)c([N+](=O)[O-])c1. The molecular weight excluding hydrogens is 508 g/mol. The zero-order valence-electron chi connectivity index (χ0n) is 17.9. The molecule has 11 heteroatoms. The Bertz CT molecular complexity index is 1320. The van der Waals surface area contributed by atoms with E-state index in [1.165, 1.54) is 29.1 Å². The highest BCUT2D eigenvalue weighted by atomic mass is 79.9. The number of furan rings is 1. The number of aryl methyl sites for hydroxylation is 1. The average molecular weight is 527 g/mol. The lowest BCUT2D eigenvalue weighted by atomic mass is 10.2. The van der Waals surface area contributed by atoms with Gasteiger partial charge in [0.05, 0.1) is 23.0 Å². The van der Waals surface area contributed by atoms with Gasteiger partial charge in [0.2, 0.25) is 0 Å². The highest BCUT2D eigenvalue weighted by molar-refractivity contribution is 9.10. The van der Waals surface area contributed by atoms with E-state index in [0.717, 1.165) is 10.0 Å². The van der Waals surface area contributed by atoms with Crippen LogP contribution in [0.2, 0.25) is 0 Å². The molecule has 0 saturated heterocycles. The first-order valence-electron chi connectivity index (χ1n) is 10.1. The summed E-state index contributed by atoms with van der Waals surface area (Å²) in [6.07, 6.45) is 3.12. The van der Waals surface area contributed by atoms with E-state index in [-0.39, 0.29) is 30.5 Å². The molecule has 0 atom stereocenters. The number of hydrogen-bond acceptors (Lipinski definition) is 7. The summed E-state index contributed by atoms with van der Waals surface area (Å²) < 4.78 is 19.2. The molecular formula is C23H19BrN4O6. The maximum Gasteiger partial charge on any atom is 0.311 e. The summed E-state index contributed by atoms with van der Waals surface area (Å²) in [5.41, 5.74) is 1.08. The number of nitrogens with one attached hydrogen (secondary N) is 1. The molecule has 1 N–H and O–H groups in total.